The van der Waals surface area contributed by atoms with E-state index in [0.717, 1.165) is 25.0 Å². The molecule has 0 aromatic heterocycles. The number of esters is 1. The van der Waals surface area contributed by atoms with Crippen molar-refractivity contribution in [2.45, 2.75) is 36.3 Å². The zero-order valence-electron chi connectivity index (χ0n) is 10.4. The number of carbonyl (C=O) groups is 1. The van der Waals surface area contributed by atoms with Gasteiger partial charge in [-0.1, -0.05) is 19.8 Å². The van der Waals surface area contributed by atoms with Crippen molar-refractivity contribution in [3.63, 3.8) is 0 Å². The third-order valence-corrected chi connectivity index (χ3v) is 3.69. The summed E-state index contributed by atoms with van der Waals surface area (Å²) in [6, 6.07) is 3.62. The summed E-state index contributed by atoms with van der Waals surface area (Å²) in [6.07, 6.45) is 2.51. The minimum absolute atomic E-state index is 0.335. The largest absolute Gasteiger partial charge is 0.468 e. The van der Waals surface area contributed by atoms with Gasteiger partial charge in [-0.3, -0.25) is 4.79 Å². The molecule has 1 aromatic rings. The lowest BCUT2D eigenvalue weighted by Gasteiger charge is -2.13. The van der Waals surface area contributed by atoms with E-state index in [4.69, 9.17) is 4.74 Å². The Morgan fingerprint density at radius 1 is 1.39 bits per heavy atom. The normalized spacial score (nSPS) is 12.2. The van der Waals surface area contributed by atoms with E-state index in [1.165, 1.54) is 24.9 Å². The summed E-state index contributed by atoms with van der Waals surface area (Å²) in [6.45, 7) is 2.02. The van der Waals surface area contributed by atoms with Gasteiger partial charge >= 0.3 is 5.97 Å². The van der Waals surface area contributed by atoms with E-state index in [-0.39, 0.29) is 11.2 Å². The van der Waals surface area contributed by atoms with Crippen LogP contribution in [0.25, 0.3) is 0 Å². The van der Waals surface area contributed by atoms with Gasteiger partial charge in [-0.15, -0.1) is 11.8 Å². The molecule has 0 spiro atoms. The van der Waals surface area contributed by atoms with Crippen molar-refractivity contribution in [2.75, 3.05) is 7.11 Å². The second-order valence-corrected chi connectivity index (χ2v) is 5.12. The van der Waals surface area contributed by atoms with Gasteiger partial charge in [0.1, 0.15) is 5.25 Å². The minimum Gasteiger partial charge on any atom is -0.468 e. The van der Waals surface area contributed by atoms with Crippen molar-refractivity contribution in [3.05, 3.63) is 29.8 Å². The highest BCUT2D eigenvalue weighted by atomic mass is 32.2. The lowest BCUT2D eigenvalue weighted by Crippen LogP contribution is -2.18. The van der Waals surface area contributed by atoms with Crippen LogP contribution < -0.4 is 0 Å². The molecule has 0 heterocycles. The standard InChI is InChI=1S/C13H16F2O2S/c1-3-4-5-12(13(16)17-2)18-9-6-7-10(14)11(15)8-9/h6-8,12H,3-5H2,1-2H3. The first-order valence-electron chi connectivity index (χ1n) is 5.78. The van der Waals surface area contributed by atoms with Crippen LogP contribution in [0.2, 0.25) is 0 Å². The topological polar surface area (TPSA) is 26.3 Å². The number of ether oxygens (including phenoxy) is 1. The molecule has 0 bridgehead atoms. The fourth-order valence-corrected chi connectivity index (χ4v) is 2.58. The molecule has 0 N–H and O–H groups in total. The van der Waals surface area contributed by atoms with Crippen LogP contribution in [0.4, 0.5) is 8.78 Å². The van der Waals surface area contributed by atoms with E-state index in [1.54, 1.807) is 0 Å². The van der Waals surface area contributed by atoms with Gasteiger partial charge in [0.05, 0.1) is 7.11 Å². The zero-order valence-corrected chi connectivity index (χ0v) is 11.2. The van der Waals surface area contributed by atoms with Crippen LogP contribution in [-0.2, 0) is 9.53 Å². The van der Waals surface area contributed by atoms with Gasteiger partial charge in [0.25, 0.3) is 0 Å². The molecule has 5 heteroatoms. The molecule has 1 unspecified atom stereocenters. The Morgan fingerprint density at radius 2 is 2.11 bits per heavy atom. The number of hydrogen-bond donors (Lipinski definition) is 0. The molecule has 100 valence electrons. The Balaban J connectivity index is 2.75. The quantitative estimate of drug-likeness (QED) is 0.583. The maximum Gasteiger partial charge on any atom is 0.319 e. The Kier molecular flexibility index (Phi) is 6.12. The van der Waals surface area contributed by atoms with Gasteiger partial charge in [-0.05, 0) is 24.6 Å². The zero-order chi connectivity index (χ0) is 13.5. The molecule has 0 radical (unpaired) electrons. The Hall–Kier alpha value is -1.10. The Bertz CT molecular complexity index is 410. The van der Waals surface area contributed by atoms with Crippen LogP contribution in [-0.4, -0.2) is 18.3 Å². The smallest absolute Gasteiger partial charge is 0.319 e. The molecular weight excluding hydrogens is 258 g/mol. The van der Waals surface area contributed by atoms with E-state index < -0.39 is 11.6 Å². The maximum atomic E-state index is 13.1. The number of rotatable bonds is 6. The van der Waals surface area contributed by atoms with Crippen LogP contribution in [0.5, 0.6) is 0 Å². The van der Waals surface area contributed by atoms with Gasteiger partial charge in [-0.25, -0.2) is 8.78 Å². The lowest BCUT2D eigenvalue weighted by atomic mass is 10.2. The second kappa shape index (κ2) is 7.36. The first-order chi connectivity index (χ1) is 8.58. The van der Waals surface area contributed by atoms with Crippen LogP contribution in [0.1, 0.15) is 26.2 Å². The summed E-state index contributed by atoms with van der Waals surface area (Å²) in [4.78, 5) is 12.1. The summed E-state index contributed by atoms with van der Waals surface area (Å²) < 4.78 is 30.6. The Labute approximate surface area is 110 Å². The highest BCUT2D eigenvalue weighted by Crippen LogP contribution is 2.28. The molecule has 1 rings (SSSR count). The SMILES string of the molecule is CCCCC(Sc1ccc(F)c(F)c1)C(=O)OC. The maximum absolute atomic E-state index is 13.1. The van der Waals surface area contributed by atoms with Crippen molar-refractivity contribution in [2.24, 2.45) is 0 Å². The van der Waals surface area contributed by atoms with E-state index in [1.807, 2.05) is 6.92 Å². The number of hydrogen-bond acceptors (Lipinski definition) is 3. The van der Waals surface area contributed by atoms with Gasteiger partial charge in [0.15, 0.2) is 11.6 Å². The van der Waals surface area contributed by atoms with Crippen LogP contribution in [0, 0.1) is 11.6 Å². The molecule has 0 amide bonds. The van der Waals surface area contributed by atoms with Gasteiger partial charge in [0, 0.05) is 4.90 Å². The summed E-state index contributed by atoms with van der Waals surface area (Å²) in [7, 11) is 1.33. The molecule has 1 atom stereocenters. The average molecular weight is 274 g/mol. The predicted octanol–water partition coefficient (Wildman–Crippen LogP) is 3.79. The first-order valence-corrected chi connectivity index (χ1v) is 6.66. The van der Waals surface area contributed by atoms with E-state index in [9.17, 15) is 13.6 Å². The number of thioether (sulfide) groups is 1. The first kappa shape index (κ1) is 15.0. The van der Waals surface area contributed by atoms with Crippen molar-refractivity contribution >= 4 is 17.7 Å². The third-order valence-electron chi connectivity index (χ3n) is 2.45. The highest BCUT2D eigenvalue weighted by Gasteiger charge is 2.20. The fraction of sp³-hybridized carbons (Fsp3) is 0.462. The van der Waals surface area contributed by atoms with Crippen molar-refractivity contribution in [1.82, 2.24) is 0 Å². The molecule has 0 aliphatic carbocycles. The van der Waals surface area contributed by atoms with Crippen LogP contribution >= 0.6 is 11.8 Å². The number of unbranched alkanes of at least 4 members (excludes halogenated alkanes) is 1. The molecular formula is C13H16F2O2S. The molecule has 1 aromatic carbocycles. The number of benzene rings is 1. The van der Waals surface area contributed by atoms with Crippen molar-refractivity contribution in [3.8, 4) is 0 Å². The number of carbonyl (C=O) groups excluding carboxylic acids is 1. The van der Waals surface area contributed by atoms with Gasteiger partial charge < -0.3 is 4.74 Å². The van der Waals surface area contributed by atoms with Gasteiger partial charge in [-0.2, -0.15) is 0 Å². The molecule has 0 aliphatic rings. The third kappa shape index (κ3) is 4.29. The molecule has 0 saturated carbocycles. The van der Waals surface area contributed by atoms with Crippen molar-refractivity contribution in [1.29, 1.82) is 0 Å². The number of methoxy groups -OCH3 is 1. The summed E-state index contributed by atoms with van der Waals surface area (Å²) in [5.74, 6) is -2.13. The molecule has 0 fully saturated rings. The van der Waals surface area contributed by atoms with Crippen molar-refractivity contribution < 1.29 is 18.3 Å². The minimum atomic E-state index is -0.904. The monoisotopic (exact) mass is 274 g/mol. The summed E-state index contributed by atoms with van der Waals surface area (Å²) in [5.41, 5.74) is 0. The molecule has 0 saturated heterocycles. The van der Waals surface area contributed by atoms with Crippen LogP contribution in [0.3, 0.4) is 0 Å². The van der Waals surface area contributed by atoms with E-state index in [2.05, 4.69) is 0 Å². The predicted molar refractivity (Wildman–Crippen MR) is 67.5 cm³/mol. The fourth-order valence-electron chi connectivity index (χ4n) is 1.46. The van der Waals surface area contributed by atoms with Gasteiger partial charge in [0.2, 0.25) is 0 Å². The lowest BCUT2D eigenvalue weighted by molar-refractivity contribution is -0.140. The van der Waals surface area contributed by atoms with E-state index in [0.29, 0.717) is 11.3 Å². The van der Waals surface area contributed by atoms with E-state index >= 15 is 0 Å². The van der Waals surface area contributed by atoms with Crippen LogP contribution in [0.15, 0.2) is 23.1 Å². The summed E-state index contributed by atoms with van der Waals surface area (Å²) >= 11 is 1.20. The Morgan fingerprint density at radius 3 is 2.67 bits per heavy atom. The molecule has 0 aliphatic heterocycles. The second-order valence-electron chi connectivity index (χ2n) is 3.85. The molecule has 2 nitrogen and oxygen atoms in total. The summed E-state index contributed by atoms with van der Waals surface area (Å²) in [5, 5.41) is -0.375. The molecule has 18 heavy (non-hydrogen) atoms. The average Bonchev–Trinajstić information content (AvgIpc) is 2.37. The highest BCUT2D eigenvalue weighted by molar-refractivity contribution is 8.00. The number of halogens is 2.